The molecule has 0 atom stereocenters. The van der Waals surface area contributed by atoms with Gasteiger partial charge in [-0.15, -0.1) is 0 Å². The smallest absolute Gasteiger partial charge is 0.258 e. The molecule has 0 saturated heterocycles. The lowest BCUT2D eigenvalue weighted by atomic mass is 10.1. The second kappa shape index (κ2) is 3.44. The van der Waals surface area contributed by atoms with Gasteiger partial charge in [-0.25, -0.2) is 4.39 Å². The summed E-state index contributed by atoms with van der Waals surface area (Å²) in [5.41, 5.74) is -3.71. The summed E-state index contributed by atoms with van der Waals surface area (Å²) in [6, 6.07) is -0.103. The highest BCUT2D eigenvalue weighted by atomic mass is 19.4. The average Bonchev–Trinajstić information content (AvgIpc) is 1.99. The van der Waals surface area contributed by atoms with Gasteiger partial charge in [0.15, 0.2) is 0 Å². The number of hydrogen-bond acceptors (Lipinski definition) is 2. The highest BCUT2D eigenvalue weighted by Gasteiger charge is 2.40. The van der Waals surface area contributed by atoms with Crippen LogP contribution in [0.5, 0.6) is 0 Å². The molecule has 82 valence electrons. The first-order chi connectivity index (χ1) is 6.73. The Morgan fingerprint density at radius 3 is 2.13 bits per heavy atom. The molecule has 0 fully saturated rings. The van der Waals surface area contributed by atoms with E-state index in [-0.39, 0.29) is 12.1 Å². The van der Waals surface area contributed by atoms with Crippen LogP contribution in [0.25, 0.3) is 0 Å². The SMILES string of the molecule is O=[N+]([O-])c1c(F)cc(F)cc1C(F)(F)F. The van der Waals surface area contributed by atoms with Crippen LogP contribution in [0.15, 0.2) is 12.1 Å². The van der Waals surface area contributed by atoms with Crippen LogP contribution in [0.3, 0.4) is 0 Å². The molecule has 15 heavy (non-hydrogen) atoms. The minimum Gasteiger partial charge on any atom is -0.258 e. The van der Waals surface area contributed by atoms with E-state index in [2.05, 4.69) is 0 Å². The molecule has 0 aliphatic heterocycles. The predicted molar refractivity (Wildman–Crippen MR) is 38.0 cm³/mol. The van der Waals surface area contributed by atoms with Gasteiger partial charge in [-0.05, 0) is 6.07 Å². The molecular formula is C7H2F5NO2. The van der Waals surface area contributed by atoms with Gasteiger partial charge in [-0.2, -0.15) is 17.6 Å². The number of hydrogen-bond donors (Lipinski definition) is 0. The van der Waals surface area contributed by atoms with Gasteiger partial charge in [-0.1, -0.05) is 0 Å². The maximum absolute atomic E-state index is 12.7. The third-order valence-corrected chi connectivity index (χ3v) is 1.52. The minimum atomic E-state index is -5.18. The maximum Gasteiger partial charge on any atom is 0.423 e. The highest BCUT2D eigenvalue weighted by molar-refractivity contribution is 5.43. The van der Waals surface area contributed by atoms with Crippen molar-refractivity contribution in [3.05, 3.63) is 39.4 Å². The summed E-state index contributed by atoms with van der Waals surface area (Å²) in [5, 5.41) is 10.1. The van der Waals surface area contributed by atoms with E-state index in [9.17, 15) is 32.1 Å². The Morgan fingerprint density at radius 1 is 1.20 bits per heavy atom. The summed E-state index contributed by atoms with van der Waals surface area (Å²) < 4.78 is 61.5. The second-order valence-electron chi connectivity index (χ2n) is 2.54. The van der Waals surface area contributed by atoms with E-state index in [1.54, 1.807) is 0 Å². The molecule has 1 aromatic carbocycles. The second-order valence-corrected chi connectivity index (χ2v) is 2.54. The first-order valence-corrected chi connectivity index (χ1v) is 3.44. The lowest BCUT2D eigenvalue weighted by molar-refractivity contribution is -0.390. The first kappa shape index (κ1) is 11.3. The molecule has 0 N–H and O–H groups in total. The van der Waals surface area contributed by atoms with Gasteiger partial charge < -0.3 is 0 Å². The fourth-order valence-corrected chi connectivity index (χ4v) is 0.968. The van der Waals surface area contributed by atoms with Crippen molar-refractivity contribution in [3.63, 3.8) is 0 Å². The summed E-state index contributed by atoms with van der Waals surface area (Å²) in [6.07, 6.45) is -5.18. The third-order valence-electron chi connectivity index (χ3n) is 1.52. The van der Waals surface area contributed by atoms with E-state index >= 15 is 0 Å². The predicted octanol–water partition coefficient (Wildman–Crippen LogP) is 2.89. The summed E-state index contributed by atoms with van der Waals surface area (Å²) >= 11 is 0. The Kier molecular flexibility index (Phi) is 2.61. The van der Waals surface area contributed by atoms with Gasteiger partial charge in [0, 0.05) is 6.07 Å². The van der Waals surface area contributed by atoms with Crippen LogP contribution in [0.1, 0.15) is 5.56 Å². The van der Waals surface area contributed by atoms with E-state index in [1.165, 1.54) is 0 Å². The van der Waals surface area contributed by atoms with E-state index in [0.717, 1.165) is 0 Å². The van der Waals surface area contributed by atoms with Crippen molar-refractivity contribution in [1.29, 1.82) is 0 Å². The lowest BCUT2D eigenvalue weighted by Crippen LogP contribution is -2.11. The number of nitro benzene ring substituents is 1. The molecule has 0 radical (unpaired) electrons. The van der Waals surface area contributed by atoms with Crippen LogP contribution < -0.4 is 0 Å². The van der Waals surface area contributed by atoms with Gasteiger partial charge >= 0.3 is 11.9 Å². The van der Waals surface area contributed by atoms with E-state index in [4.69, 9.17) is 0 Å². The lowest BCUT2D eigenvalue weighted by Gasteiger charge is -2.07. The summed E-state index contributed by atoms with van der Waals surface area (Å²) in [7, 11) is 0. The number of alkyl halides is 3. The van der Waals surface area contributed by atoms with Gasteiger partial charge in [0.1, 0.15) is 11.4 Å². The van der Waals surface area contributed by atoms with E-state index in [1.807, 2.05) is 0 Å². The van der Waals surface area contributed by atoms with Crippen molar-refractivity contribution in [2.24, 2.45) is 0 Å². The number of benzene rings is 1. The highest BCUT2D eigenvalue weighted by Crippen LogP contribution is 2.37. The molecule has 1 rings (SSSR count). The maximum atomic E-state index is 12.7. The summed E-state index contributed by atoms with van der Waals surface area (Å²) in [4.78, 5) is 8.60. The van der Waals surface area contributed by atoms with Gasteiger partial charge in [-0.3, -0.25) is 10.1 Å². The Morgan fingerprint density at radius 2 is 1.73 bits per heavy atom. The standard InChI is InChI=1S/C7H2F5NO2/c8-3-1-4(7(10,11)12)6(13(14)15)5(9)2-3/h1-2H. The topological polar surface area (TPSA) is 43.1 Å². The number of rotatable bonds is 1. The van der Waals surface area contributed by atoms with Crippen LogP contribution in [0.4, 0.5) is 27.6 Å². The largest absolute Gasteiger partial charge is 0.423 e. The Balaban J connectivity index is 3.54. The van der Waals surface area contributed by atoms with Crippen LogP contribution in [0, 0.1) is 21.7 Å². The molecule has 0 aliphatic rings. The zero-order chi connectivity index (χ0) is 11.8. The van der Waals surface area contributed by atoms with E-state index < -0.39 is 34.0 Å². The fourth-order valence-electron chi connectivity index (χ4n) is 0.968. The number of halogens is 5. The normalized spacial score (nSPS) is 11.5. The van der Waals surface area contributed by atoms with Crippen molar-refractivity contribution in [2.45, 2.75) is 6.18 Å². The third kappa shape index (κ3) is 2.20. The molecule has 0 saturated carbocycles. The Hall–Kier alpha value is -1.73. The quantitative estimate of drug-likeness (QED) is 0.420. The molecule has 0 amide bonds. The molecule has 8 heteroatoms. The molecule has 3 nitrogen and oxygen atoms in total. The zero-order valence-electron chi connectivity index (χ0n) is 6.81. The fraction of sp³-hybridized carbons (Fsp3) is 0.143. The van der Waals surface area contributed by atoms with Gasteiger partial charge in [0.05, 0.1) is 4.92 Å². The number of nitro groups is 1. The molecule has 0 aliphatic carbocycles. The van der Waals surface area contributed by atoms with Crippen molar-refractivity contribution >= 4 is 5.69 Å². The molecule has 0 heterocycles. The molecule has 0 spiro atoms. The van der Waals surface area contributed by atoms with Crippen LogP contribution in [-0.4, -0.2) is 4.92 Å². The van der Waals surface area contributed by atoms with Crippen LogP contribution >= 0.6 is 0 Å². The van der Waals surface area contributed by atoms with E-state index in [0.29, 0.717) is 0 Å². The Labute approximate surface area is 79.3 Å². The molecule has 0 aromatic heterocycles. The van der Waals surface area contributed by atoms with Gasteiger partial charge in [0.25, 0.3) is 0 Å². The van der Waals surface area contributed by atoms with Crippen molar-refractivity contribution in [3.8, 4) is 0 Å². The zero-order valence-corrected chi connectivity index (χ0v) is 6.81. The summed E-state index contributed by atoms with van der Waals surface area (Å²) in [5.74, 6) is -3.38. The average molecular weight is 227 g/mol. The first-order valence-electron chi connectivity index (χ1n) is 3.44. The molecule has 1 aromatic rings. The van der Waals surface area contributed by atoms with Gasteiger partial charge in [0.2, 0.25) is 5.82 Å². The molecule has 0 unspecified atom stereocenters. The minimum absolute atomic E-state index is 0.0212. The van der Waals surface area contributed by atoms with Crippen molar-refractivity contribution in [1.82, 2.24) is 0 Å². The molecule has 0 bridgehead atoms. The van der Waals surface area contributed by atoms with Crippen molar-refractivity contribution < 1.29 is 26.9 Å². The monoisotopic (exact) mass is 227 g/mol. The Bertz CT molecular complexity index is 415. The van der Waals surface area contributed by atoms with Crippen LogP contribution in [-0.2, 0) is 6.18 Å². The molecular weight excluding hydrogens is 225 g/mol. The number of nitrogens with zero attached hydrogens (tertiary/aromatic N) is 1. The van der Waals surface area contributed by atoms with Crippen LogP contribution in [0.2, 0.25) is 0 Å². The summed E-state index contributed by atoms with van der Waals surface area (Å²) in [6.45, 7) is 0. The van der Waals surface area contributed by atoms with Crippen molar-refractivity contribution in [2.75, 3.05) is 0 Å².